The van der Waals surface area contributed by atoms with Gasteiger partial charge in [-0.1, -0.05) is 30.3 Å². The van der Waals surface area contributed by atoms with Crippen molar-refractivity contribution in [1.29, 1.82) is 0 Å². The van der Waals surface area contributed by atoms with E-state index < -0.39 is 0 Å². The van der Waals surface area contributed by atoms with Crippen molar-refractivity contribution < 1.29 is 9.53 Å². The smallest absolute Gasteiger partial charge is 0.227 e. The SMILES string of the molecule is COc1cccc(C(C)C(=O)NCc2ccc3c(c2)CNC3)c1.Cl. The van der Waals surface area contributed by atoms with Crippen molar-refractivity contribution in [3.63, 3.8) is 0 Å². The molecule has 1 unspecified atom stereocenters. The maximum absolute atomic E-state index is 12.4. The molecule has 0 aromatic heterocycles. The number of fused-ring (bicyclic) bond motifs is 1. The molecule has 4 nitrogen and oxygen atoms in total. The topological polar surface area (TPSA) is 50.4 Å². The fraction of sp³-hybridized carbons (Fsp3) is 0.316. The van der Waals surface area contributed by atoms with Gasteiger partial charge in [-0.05, 0) is 41.3 Å². The second-order valence-corrected chi connectivity index (χ2v) is 5.92. The molecule has 2 N–H and O–H groups in total. The minimum Gasteiger partial charge on any atom is -0.497 e. The number of methoxy groups -OCH3 is 1. The highest BCUT2D eigenvalue weighted by Crippen LogP contribution is 2.21. The van der Waals surface area contributed by atoms with E-state index >= 15 is 0 Å². The van der Waals surface area contributed by atoms with Gasteiger partial charge in [0.15, 0.2) is 0 Å². The average Bonchev–Trinajstić information content (AvgIpc) is 3.06. The highest BCUT2D eigenvalue weighted by Gasteiger charge is 2.16. The third-order valence-corrected chi connectivity index (χ3v) is 4.36. The van der Waals surface area contributed by atoms with Crippen molar-refractivity contribution in [3.8, 4) is 5.75 Å². The van der Waals surface area contributed by atoms with E-state index in [1.54, 1.807) is 7.11 Å². The number of carbonyl (C=O) groups excluding carboxylic acids is 1. The van der Waals surface area contributed by atoms with Crippen LogP contribution in [0, 0.1) is 0 Å². The molecule has 0 aliphatic carbocycles. The highest BCUT2D eigenvalue weighted by molar-refractivity contribution is 5.85. The zero-order valence-electron chi connectivity index (χ0n) is 14.0. The van der Waals surface area contributed by atoms with Gasteiger partial charge >= 0.3 is 0 Å². The fourth-order valence-electron chi connectivity index (χ4n) is 2.86. The first-order chi connectivity index (χ1) is 11.2. The van der Waals surface area contributed by atoms with Crippen LogP contribution < -0.4 is 15.4 Å². The van der Waals surface area contributed by atoms with Gasteiger partial charge in [-0.2, -0.15) is 0 Å². The summed E-state index contributed by atoms with van der Waals surface area (Å²) in [6.45, 7) is 4.32. The van der Waals surface area contributed by atoms with E-state index in [4.69, 9.17) is 4.74 Å². The van der Waals surface area contributed by atoms with Gasteiger partial charge in [0.1, 0.15) is 5.75 Å². The van der Waals surface area contributed by atoms with Crippen molar-refractivity contribution in [2.75, 3.05) is 7.11 Å². The summed E-state index contributed by atoms with van der Waals surface area (Å²) < 4.78 is 5.22. The lowest BCUT2D eigenvalue weighted by Gasteiger charge is -2.14. The van der Waals surface area contributed by atoms with Crippen LogP contribution in [0.1, 0.15) is 35.1 Å². The summed E-state index contributed by atoms with van der Waals surface area (Å²) in [5.41, 5.74) is 4.78. The lowest BCUT2D eigenvalue weighted by atomic mass is 10.00. The average molecular weight is 347 g/mol. The largest absolute Gasteiger partial charge is 0.497 e. The van der Waals surface area contributed by atoms with Crippen molar-refractivity contribution in [1.82, 2.24) is 10.6 Å². The van der Waals surface area contributed by atoms with Crippen LogP contribution in [-0.2, 0) is 24.4 Å². The molecule has 128 valence electrons. The van der Waals surface area contributed by atoms with Gasteiger partial charge in [-0.25, -0.2) is 0 Å². The van der Waals surface area contributed by atoms with Crippen molar-refractivity contribution >= 4 is 18.3 Å². The molecular formula is C19H23ClN2O2. The number of ether oxygens (including phenoxy) is 1. The first-order valence-electron chi connectivity index (χ1n) is 7.90. The van der Waals surface area contributed by atoms with Gasteiger partial charge in [0.25, 0.3) is 0 Å². The van der Waals surface area contributed by atoms with Crippen LogP contribution >= 0.6 is 12.4 Å². The number of halogens is 1. The third kappa shape index (κ3) is 4.08. The molecule has 5 heteroatoms. The van der Waals surface area contributed by atoms with Crippen LogP contribution in [-0.4, -0.2) is 13.0 Å². The molecule has 0 spiro atoms. The van der Waals surface area contributed by atoms with Gasteiger partial charge in [0.2, 0.25) is 5.91 Å². The van der Waals surface area contributed by atoms with Gasteiger partial charge in [-0.3, -0.25) is 4.79 Å². The molecule has 0 saturated carbocycles. The number of hydrogen-bond donors (Lipinski definition) is 2. The standard InChI is InChI=1S/C19H22N2O2.ClH/c1-13(15-4-3-5-18(9-15)23-2)19(22)21-10-14-6-7-16-11-20-12-17(16)8-14;/h3-9,13,20H,10-12H2,1-2H3,(H,21,22);1H. The van der Waals surface area contributed by atoms with Crippen molar-refractivity contribution in [2.24, 2.45) is 0 Å². The second kappa shape index (κ2) is 8.18. The molecule has 1 heterocycles. The van der Waals surface area contributed by atoms with Gasteiger partial charge < -0.3 is 15.4 Å². The normalized spacial score (nSPS) is 13.6. The summed E-state index contributed by atoms with van der Waals surface area (Å²) in [6, 6.07) is 14.0. The molecule has 3 rings (SSSR count). The molecule has 0 radical (unpaired) electrons. The van der Waals surface area contributed by atoms with Crippen LogP contribution in [0.3, 0.4) is 0 Å². The minimum absolute atomic E-state index is 0. The predicted octanol–water partition coefficient (Wildman–Crippen LogP) is 3.14. The monoisotopic (exact) mass is 346 g/mol. The highest BCUT2D eigenvalue weighted by atomic mass is 35.5. The summed E-state index contributed by atoms with van der Waals surface area (Å²) in [5.74, 6) is 0.589. The van der Waals surface area contributed by atoms with E-state index in [-0.39, 0.29) is 24.2 Å². The molecule has 0 saturated heterocycles. The van der Waals surface area contributed by atoms with Crippen LogP contribution in [0.25, 0.3) is 0 Å². The molecule has 0 bridgehead atoms. The minimum atomic E-state index is -0.207. The van der Waals surface area contributed by atoms with Crippen LogP contribution in [0.5, 0.6) is 5.75 Å². The summed E-state index contributed by atoms with van der Waals surface area (Å²) in [5, 5.41) is 6.36. The number of amides is 1. The number of carbonyl (C=O) groups is 1. The van der Waals surface area contributed by atoms with Gasteiger partial charge in [0, 0.05) is 19.6 Å². The maximum atomic E-state index is 12.4. The Hall–Kier alpha value is -2.04. The fourth-order valence-corrected chi connectivity index (χ4v) is 2.86. The summed E-state index contributed by atoms with van der Waals surface area (Å²) in [4.78, 5) is 12.4. The summed E-state index contributed by atoms with van der Waals surface area (Å²) in [6.07, 6.45) is 0. The molecule has 1 atom stereocenters. The van der Waals surface area contributed by atoms with E-state index in [1.165, 1.54) is 11.1 Å². The maximum Gasteiger partial charge on any atom is 0.227 e. The Kier molecular flexibility index (Phi) is 6.23. The first-order valence-corrected chi connectivity index (χ1v) is 7.90. The number of nitrogens with one attached hydrogen (secondary N) is 2. The molecule has 2 aromatic carbocycles. The van der Waals surface area contributed by atoms with Crippen LogP contribution in [0.15, 0.2) is 42.5 Å². The Morgan fingerprint density at radius 2 is 2.00 bits per heavy atom. The lowest BCUT2D eigenvalue weighted by Crippen LogP contribution is -2.27. The van der Waals surface area contributed by atoms with Crippen molar-refractivity contribution in [3.05, 3.63) is 64.7 Å². The van der Waals surface area contributed by atoms with E-state index in [2.05, 4.69) is 28.8 Å². The Labute approximate surface area is 149 Å². The summed E-state index contributed by atoms with van der Waals surface area (Å²) in [7, 11) is 1.63. The lowest BCUT2D eigenvalue weighted by molar-refractivity contribution is -0.122. The molecular weight excluding hydrogens is 324 g/mol. The Balaban J connectivity index is 0.00000208. The zero-order valence-corrected chi connectivity index (χ0v) is 14.8. The molecule has 1 aliphatic heterocycles. The van der Waals surface area contributed by atoms with E-state index in [9.17, 15) is 4.79 Å². The quantitative estimate of drug-likeness (QED) is 0.874. The molecule has 2 aromatic rings. The van der Waals surface area contributed by atoms with Gasteiger partial charge in [-0.15, -0.1) is 12.4 Å². The Morgan fingerprint density at radius 3 is 2.79 bits per heavy atom. The third-order valence-electron chi connectivity index (χ3n) is 4.36. The van der Waals surface area contributed by atoms with Crippen LogP contribution in [0.2, 0.25) is 0 Å². The molecule has 1 amide bonds. The first kappa shape index (κ1) is 18.3. The molecule has 0 fully saturated rings. The predicted molar refractivity (Wildman–Crippen MR) is 97.5 cm³/mol. The zero-order chi connectivity index (χ0) is 16.2. The second-order valence-electron chi connectivity index (χ2n) is 5.92. The van der Waals surface area contributed by atoms with E-state index in [0.29, 0.717) is 6.54 Å². The van der Waals surface area contributed by atoms with Crippen LogP contribution in [0.4, 0.5) is 0 Å². The Morgan fingerprint density at radius 1 is 1.21 bits per heavy atom. The van der Waals surface area contributed by atoms with E-state index in [1.807, 2.05) is 31.2 Å². The molecule has 24 heavy (non-hydrogen) atoms. The number of rotatable bonds is 5. The van der Waals surface area contributed by atoms with Gasteiger partial charge in [0.05, 0.1) is 13.0 Å². The summed E-state index contributed by atoms with van der Waals surface area (Å²) >= 11 is 0. The Bertz CT molecular complexity index is 718. The molecule has 1 aliphatic rings. The number of hydrogen-bond acceptors (Lipinski definition) is 3. The van der Waals surface area contributed by atoms with Crippen molar-refractivity contribution in [2.45, 2.75) is 32.5 Å². The number of benzene rings is 2. The van der Waals surface area contributed by atoms with E-state index in [0.717, 1.165) is 30.0 Å².